The number of halogens is 5. The molecule has 1 unspecified atom stereocenters. The van der Waals surface area contributed by atoms with E-state index in [1.165, 1.54) is 28.5 Å². The molecule has 0 radical (unpaired) electrons. The third-order valence-corrected chi connectivity index (χ3v) is 3.78. The monoisotopic (exact) mass is 328 g/mol. The average molecular weight is 329 g/mol. The Morgan fingerprint density at radius 1 is 1.26 bits per heavy atom. The molecule has 0 N–H and O–H groups in total. The highest BCUT2D eigenvalue weighted by Gasteiger charge is 2.28. The molecule has 104 valence electrons. The summed E-state index contributed by atoms with van der Waals surface area (Å²) in [5.74, 6) is -0.00519. The molecule has 2 nitrogen and oxygen atoms in total. The number of alkyl halides is 3. The minimum absolute atomic E-state index is 0.252. The quantitative estimate of drug-likeness (QED) is 0.791. The molecule has 1 aromatic carbocycles. The second-order valence-electron chi connectivity index (χ2n) is 3.81. The van der Waals surface area contributed by atoms with Crippen LogP contribution in [-0.2, 0) is 5.88 Å². The molecule has 1 atom stereocenters. The smallest absolute Gasteiger partial charge is 0.276 e. The molecule has 1 aromatic heterocycles. The number of aromatic nitrogens is 2. The van der Waals surface area contributed by atoms with E-state index in [-0.39, 0.29) is 15.9 Å². The van der Waals surface area contributed by atoms with Gasteiger partial charge in [-0.25, -0.2) is 18.2 Å². The van der Waals surface area contributed by atoms with Crippen molar-refractivity contribution in [2.75, 3.05) is 6.26 Å². The standard InChI is InChI=1S/C11H9Cl2F3N2S/c1-19-4-18-8-3-6(13)5(12)2-7(8)17-11(18)9(14)10(15)16/h2-3,9-10H,4H2,1H3. The summed E-state index contributed by atoms with van der Waals surface area (Å²) < 4.78 is 40.0. The number of hydrogen-bond donors (Lipinski definition) is 0. The summed E-state index contributed by atoms with van der Waals surface area (Å²) in [6.45, 7) is 0. The first-order valence-corrected chi connectivity index (χ1v) is 7.37. The van der Waals surface area contributed by atoms with Crippen molar-refractivity contribution in [2.45, 2.75) is 18.5 Å². The SMILES string of the molecule is CSCn1c(C(F)C(F)F)nc2cc(Cl)c(Cl)cc21. The summed E-state index contributed by atoms with van der Waals surface area (Å²) in [6.07, 6.45) is -3.77. The maximum absolute atomic E-state index is 13.6. The first kappa shape index (κ1) is 14.8. The van der Waals surface area contributed by atoms with Gasteiger partial charge in [0.15, 0.2) is 5.82 Å². The number of rotatable bonds is 4. The lowest BCUT2D eigenvalue weighted by molar-refractivity contribution is 0.0435. The lowest BCUT2D eigenvalue weighted by Gasteiger charge is -2.10. The molecule has 0 saturated carbocycles. The zero-order chi connectivity index (χ0) is 14.2. The second-order valence-corrected chi connectivity index (χ2v) is 5.46. The third kappa shape index (κ3) is 2.80. The van der Waals surface area contributed by atoms with E-state index in [1.54, 1.807) is 6.26 Å². The highest BCUT2D eigenvalue weighted by molar-refractivity contribution is 7.97. The van der Waals surface area contributed by atoms with Gasteiger partial charge >= 0.3 is 0 Å². The number of imidazole rings is 1. The maximum Gasteiger partial charge on any atom is 0.276 e. The van der Waals surface area contributed by atoms with Crippen LogP contribution in [-0.4, -0.2) is 22.2 Å². The van der Waals surface area contributed by atoms with E-state index in [0.717, 1.165) is 0 Å². The predicted molar refractivity (Wildman–Crippen MR) is 73.1 cm³/mol. The van der Waals surface area contributed by atoms with Gasteiger partial charge in [-0.3, -0.25) is 0 Å². The van der Waals surface area contributed by atoms with Gasteiger partial charge in [0.05, 0.1) is 27.0 Å². The highest BCUT2D eigenvalue weighted by atomic mass is 35.5. The van der Waals surface area contributed by atoms with Crippen molar-refractivity contribution < 1.29 is 13.2 Å². The Hall–Kier alpha value is -0.590. The topological polar surface area (TPSA) is 17.8 Å². The number of fused-ring (bicyclic) bond motifs is 1. The first-order valence-electron chi connectivity index (χ1n) is 5.22. The summed E-state index contributed by atoms with van der Waals surface area (Å²) in [5.41, 5.74) is 0.837. The normalized spacial score (nSPS) is 13.4. The van der Waals surface area contributed by atoms with Gasteiger partial charge in [-0.2, -0.15) is 0 Å². The van der Waals surface area contributed by atoms with E-state index in [2.05, 4.69) is 4.98 Å². The Morgan fingerprint density at radius 3 is 2.47 bits per heavy atom. The van der Waals surface area contributed by atoms with Gasteiger partial charge in [0.2, 0.25) is 6.17 Å². The van der Waals surface area contributed by atoms with Gasteiger partial charge in [0.25, 0.3) is 6.43 Å². The largest absolute Gasteiger partial charge is 0.315 e. The molecular formula is C11H9Cl2F3N2S. The fourth-order valence-electron chi connectivity index (χ4n) is 1.73. The molecule has 1 heterocycles. The second kappa shape index (κ2) is 5.81. The van der Waals surface area contributed by atoms with Gasteiger partial charge in [0, 0.05) is 0 Å². The zero-order valence-corrected chi connectivity index (χ0v) is 12.0. The Kier molecular flexibility index (Phi) is 4.53. The molecule has 0 amide bonds. The van der Waals surface area contributed by atoms with Crippen LogP contribution in [0.2, 0.25) is 10.0 Å². The Balaban J connectivity index is 2.66. The molecule has 0 saturated heterocycles. The van der Waals surface area contributed by atoms with E-state index in [9.17, 15) is 13.2 Å². The van der Waals surface area contributed by atoms with E-state index in [0.29, 0.717) is 16.9 Å². The van der Waals surface area contributed by atoms with Crippen molar-refractivity contribution >= 4 is 46.0 Å². The van der Waals surface area contributed by atoms with Gasteiger partial charge in [-0.15, -0.1) is 11.8 Å². The van der Waals surface area contributed by atoms with Gasteiger partial charge < -0.3 is 4.57 Å². The maximum atomic E-state index is 13.6. The molecule has 0 fully saturated rings. The Morgan fingerprint density at radius 2 is 1.89 bits per heavy atom. The van der Waals surface area contributed by atoms with Crippen LogP contribution in [0.15, 0.2) is 12.1 Å². The number of nitrogens with zero attached hydrogens (tertiary/aromatic N) is 2. The molecule has 2 aromatic rings. The lowest BCUT2D eigenvalue weighted by Crippen LogP contribution is -2.11. The summed E-state index contributed by atoms with van der Waals surface area (Å²) >= 11 is 13.1. The van der Waals surface area contributed by atoms with Gasteiger partial charge in [-0.05, 0) is 18.4 Å². The number of thioether (sulfide) groups is 1. The molecule has 0 spiro atoms. The van der Waals surface area contributed by atoms with Crippen LogP contribution in [0.5, 0.6) is 0 Å². The molecule has 0 bridgehead atoms. The van der Waals surface area contributed by atoms with Gasteiger partial charge in [0.1, 0.15) is 0 Å². The summed E-state index contributed by atoms with van der Waals surface area (Å²) in [6, 6.07) is 2.95. The van der Waals surface area contributed by atoms with Gasteiger partial charge in [-0.1, -0.05) is 23.2 Å². The van der Waals surface area contributed by atoms with Crippen molar-refractivity contribution in [1.29, 1.82) is 0 Å². The summed E-state index contributed by atoms with van der Waals surface area (Å²) in [4.78, 5) is 3.91. The van der Waals surface area contributed by atoms with E-state index >= 15 is 0 Å². The van der Waals surface area contributed by atoms with E-state index in [4.69, 9.17) is 23.2 Å². The summed E-state index contributed by atoms with van der Waals surface area (Å²) in [5, 5.41) is 0.525. The molecule has 19 heavy (non-hydrogen) atoms. The minimum Gasteiger partial charge on any atom is -0.315 e. The predicted octanol–water partition coefficient (Wildman–Crippen LogP) is 4.94. The average Bonchev–Trinajstić information content (AvgIpc) is 2.68. The molecule has 8 heteroatoms. The van der Waals surface area contributed by atoms with Crippen LogP contribution >= 0.6 is 35.0 Å². The molecule has 0 aliphatic heterocycles. The third-order valence-electron chi connectivity index (χ3n) is 2.55. The van der Waals surface area contributed by atoms with Crippen molar-refractivity contribution in [3.8, 4) is 0 Å². The van der Waals surface area contributed by atoms with Crippen LogP contribution in [0.4, 0.5) is 13.2 Å². The van der Waals surface area contributed by atoms with Crippen LogP contribution < -0.4 is 0 Å². The molecule has 2 rings (SSSR count). The first-order chi connectivity index (χ1) is 8.95. The molecular weight excluding hydrogens is 320 g/mol. The van der Waals surface area contributed by atoms with Crippen molar-refractivity contribution in [3.63, 3.8) is 0 Å². The Labute approximate surface area is 121 Å². The van der Waals surface area contributed by atoms with Crippen molar-refractivity contribution in [3.05, 3.63) is 28.0 Å². The summed E-state index contributed by atoms with van der Waals surface area (Å²) in [7, 11) is 0. The van der Waals surface area contributed by atoms with E-state index in [1.807, 2.05) is 0 Å². The van der Waals surface area contributed by atoms with Crippen LogP contribution in [0.3, 0.4) is 0 Å². The fraction of sp³-hybridized carbons (Fsp3) is 0.364. The minimum atomic E-state index is -3.12. The number of benzene rings is 1. The Bertz CT molecular complexity index is 603. The lowest BCUT2D eigenvalue weighted by atomic mass is 10.3. The van der Waals surface area contributed by atoms with Crippen LogP contribution in [0.25, 0.3) is 11.0 Å². The van der Waals surface area contributed by atoms with Crippen molar-refractivity contribution in [2.24, 2.45) is 0 Å². The number of hydrogen-bond acceptors (Lipinski definition) is 2. The fourth-order valence-corrected chi connectivity index (χ4v) is 2.57. The molecule has 0 aliphatic carbocycles. The van der Waals surface area contributed by atoms with E-state index < -0.39 is 12.6 Å². The molecule has 0 aliphatic rings. The zero-order valence-electron chi connectivity index (χ0n) is 9.71. The highest BCUT2D eigenvalue weighted by Crippen LogP contribution is 2.33. The van der Waals surface area contributed by atoms with Crippen LogP contribution in [0.1, 0.15) is 12.0 Å². The van der Waals surface area contributed by atoms with Crippen LogP contribution in [0, 0.1) is 0 Å². The van der Waals surface area contributed by atoms with Crippen molar-refractivity contribution in [1.82, 2.24) is 9.55 Å².